The van der Waals surface area contributed by atoms with Crippen LogP contribution >= 0.6 is 35.0 Å². The van der Waals surface area contributed by atoms with Crippen molar-refractivity contribution in [2.45, 2.75) is 18.9 Å². The third-order valence-corrected chi connectivity index (χ3v) is 4.91. The molecule has 0 saturated heterocycles. The fraction of sp³-hybridized carbons (Fsp3) is 0.312. The molecule has 0 bridgehead atoms. The zero-order valence-electron chi connectivity index (χ0n) is 13.3. The van der Waals surface area contributed by atoms with Crippen molar-refractivity contribution >= 4 is 45.7 Å². The molecule has 0 aliphatic heterocycles. The van der Waals surface area contributed by atoms with Crippen LogP contribution in [0.2, 0.25) is 10.3 Å². The highest BCUT2D eigenvalue weighted by molar-refractivity contribution is 7.97. The van der Waals surface area contributed by atoms with Crippen molar-refractivity contribution in [1.29, 1.82) is 5.26 Å². The second kappa shape index (κ2) is 13.0. The molecule has 1 unspecified atom stereocenters. The van der Waals surface area contributed by atoms with E-state index < -0.39 is 22.3 Å². The van der Waals surface area contributed by atoms with Crippen molar-refractivity contribution in [2.75, 3.05) is 12.5 Å². The fourth-order valence-corrected chi connectivity index (χ4v) is 3.13. The number of halogens is 4. The minimum absolute atomic E-state index is 0. The summed E-state index contributed by atoms with van der Waals surface area (Å²) in [7, 11) is -0.422. The molecule has 4 nitrogen and oxygen atoms in total. The van der Waals surface area contributed by atoms with E-state index in [-0.39, 0.29) is 17.7 Å². The first-order chi connectivity index (χ1) is 11.9. The van der Waals surface area contributed by atoms with Gasteiger partial charge < -0.3 is 0 Å². The van der Waals surface area contributed by atoms with Crippen molar-refractivity contribution < 1.29 is 8.78 Å². The molecule has 0 N–H and O–H groups in total. The number of hydrogen-bond acceptors (Lipinski definition) is 5. The normalized spacial score (nSPS) is 11.0. The summed E-state index contributed by atoms with van der Waals surface area (Å²) in [5.41, 5.74) is 1.55. The van der Waals surface area contributed by atoms with E-state index in [9.17, 15) is 8.78 Å². The molecular weight excluding hydrogens is 421 g/mol. The zero-order chi connectivity index (χ0) is 18.8. The van der Waals surface area contributed by atoms with Crippen LogP contribution in [0.25, 0.3) is 0 Å². The Balaban J connectivity index is 0.000000475. The lowest BCUT2D eigenvalue weighted by molar-refractivity contribution is 0.620. The van der Waals surface area contributed by atoms with Crippen LogP contribution in [0.5, 0.6) is 0 Å². The Kier molecular flexibility index (Phi) is 12.3. The molecule has 0 spiro atoms. The van der Waals surface area contributed by atoms with E-state index in [4.69, 9.17) is 28.5 Å². The van der Waals surface area contributed by atoms with Gasteiger partial charge in [-0.05, 0) is 35.8 Å². The number of rotatable bonds is 4. The average molecular weight is 439 g/mol. The Morgan fingerprint density at radius 2 is 1.65 bits per heavy atom. The zero-order valence-corrected chi connectivity index (χ0v) is 16.5. The molecule has 0 aliphatic carbocycles. The van der Waals surface area contributed by atoms with Gasteiger partial charge in [0.05, 0.1) is 0 Å². The molecular formula is C16H18Cl2F2N4S2. The molecule has 10 heteroatoms. The molecule has 0 fully saturated rings. The second-order valence-electron chi connectivity index (χ2n) is 4.60. The van der Waals surface area contributed by atoms with Crippen molar-refractivity contribution in [3.63, 3.8) is 0 Å². The molecule has 0 aliphatic rings. The SMILES string of the molecule is C.CS(Cc1cnc(Cl)c(F)c1)=NC#N.CSCc1cnc(Cl)c(F)c1. The first-order valence-corrected chi connectivity index (χ1v) is 10.6. The highest BCUT2D eigenvalue weighted by atomic mass is 35.5. The maximum absolute atomic E-state index is 12.9. The highest BCUT2D eigenvalue weighted by Gasteiger charge is 2.03. The van der Waals surface area contributed by atoms with E-state index in [2.05, 4.69) is 14.3 Å². The van der Waals surface area contributed by atoms with Gasteiger partial charge in [0.25, 0.3) is 0 Å². The summed E-state index contributed by atoms with van der Waals surface area (Å²) in [6.45, 7) is 0. The van der Waals surface area contributed by atoms with E-state index in [1.54, 1.807) is 30.4 Å². The van der Waals surface area contributed by atoms with Gasteiger partial charge >= 0.3 is 0 Å². The number of nitrogens with zero attached hydrogens (tertiary/aromatic N) is 4. The van der Waals surface area contributed by atoms with Crippen LogP contribution in [0.4, 0.5) is 8.78 Å². The van der Waals surface area contributed by atoms with Crippen LogP contribution in [-0.2, 0) is 22.2 Å². The monoisotopic (exact) mass is 438 g/mol. The van der Waals surface area contributed by atoms with E-state index in [1.165, 1.54) is 18.3 Å². The van der Waals surface area contributed by atoms with Crippen molar-refractivity contribution in [1.82, 2.24) is 9.97 Å². The summed E-state index contributed by atoms with van der Waals surface area (Å²) in [5, 5.41) is 8.10. The molecule has 2 aromatic heterocycles. The Hall–Kier alpha value is -1.27. The smallest absolute Gasteiger partial charge is 0.212 e. The molecule has 0 amide bonds. The molecule has 1 atom stereocenters. The van der Waals surface area contributed by atoms with Gasteiger partial charge in [0.1, 0.15) is 0 Å². The van der Waals surface area contributed by atoms with E-state index >= 15 is 0 Å². The summed E-state index contributed by atoms with van der Waals surface area (Å²) in [6, 6.07) is 2.72. The summed E-state index contributed by atoms with van der Waals surface area (Å²) in [4.78, 5) is 7.34. The quantitative estimate of drug-likeness (QED) is 0.456. The Labute approximate surface area is 169 Å². The maximum Gasteiger partial charge on any atom is 0.212 e. The predicted octanol–water partition coefficient (Wildman–Crippen LogP) is 5.66. The molecule has 0 saturated carbocycles. The van der Waals surface area contributed by atoms with Gasteiger partial charge in [-0.1, -0.05) is 41.3 Å². The second-order valence-corrected chi connectivity index (χ2v) is 7.86. The highest BCUT2D eigenvalue weighted by Crippen LogP contribution is 2.15. The van der Waals surface area contributed by atoms with Gasteiger partial charge in [-0.25, -0.2) is 18.7 Å². The summed E-state index contributed by atoms with van der Waals surface area (Å²) in [6.07, 6.45) is 8.54. The van der Waals surface area contributed by atoms with Gasteiger partial charge in [-0.2, -0.15) is 21.4 Å². The van der Waals surface area contributed by atoms with Crippen LogP contribution in [-0.4, -0.2) is 22.5 Å². The van der Waals surface area contributed by atoms with Crippen molar-refractivity contribution in [3.05, 3.63) is 57.6 Å². The predicted molar refractivity (Wildman–Crippen MR) is 107 cm³/mol. The number of hydrogen-bond donors (Lipinski definition) is 0. The van der Waals surface area contributed by atoms with E-state index in [0.717, 1.165) is 11.3 Å². The maximum atomic E-state index is 12.9. The summed E-state index contributed by atoms with van der Waals surface area (Å²) in [5.74, 6) is 0.284. The minimum atomic E-state index is -0.543. The lowest BCUT2D eigenvalue weighted by Gasteiger charge is -2.00. The van der Waals surface area contributed by atoms with Crippen LogP contribution in [0.1, 0.15) is 18.6 Å². The van der Waals surface area contributed by atoms with Crippen molar-refractivity contribution in [3.8, 4) is 6.19 Å². The molecule has 26 heavy (non-hydrogen) atoms. The van der Waals surface area contributed by atoms with E-state index in [1.807, 2.05) is 6.26 Å². The molecule has 2 aromatic rings. The lowest BCUT2D eigenvalue weighted by Crippen LogP contribution is -1.94. The standard InChI is InChI=1S/C8H7ClFN3S.C7H7ClFNS.CH4/c1-14(13-5-11)4-6-2-7(10)8(9)12-3-6;1-11-4-5-2-6(9)7(8)10-3-5;/h2-3H,4H2,1H3;2-3H,4H2,1H3;1H4. The Morgan fingerprint density at radius 3 is 2.12 bits per heavy atom. The summed E-state index contributed by atoms with van der Waals surface area (Å²) >= 11 is 12.4. The minimum Gasteiger partial charge on any atom is -0.241 e. The number of pyridine rings is 2. The average Bonchev–Trinajstić information content (AvgIpc) is 2.56. The third-order valence-electron chi connectivity index (χ3n) is 2.59. The molecule has 2 rings (SSSR count). The van der Waals surface area contributed by atoms with Gasteiger partial charge in [0.2, 0.25) is 6.19 Å². The Morgan fingerprint density at radius 1 is 1.15 bits per heavy atom. The van der Waals surface area contributed by atoms with Crippen LogP contribution in [0.15, 0.2) is 28.9 Å². The largest absolute Gasteiger partial charge is 0.241 e. The molecule has 142 valence electrons. The molecule has 0 radical (unpaired) electrons. The first kappa shape index (κ1) is 24.7. The van der Waals surface area contributed by atoms with Gasteiger partial charge in [-0.3, -0.25) is 0 Å². The number of aromatic nitrogens is 2. The van der Waals surface area contributed by atoms with Gasteiger partial charge in [-0.15, -0.1) is 0 Å². The molecule has 0 aromatic carbocycles. The van der Waals surface area contributed by atoms with Crippen LogP contribution in [0, 0.1) is 23.1 Å². The topological polar surface area (TPSA) is 61.9 Å². The fourth-order valence-electron chi connectivity index (χ4n) is 1.59. The lowest BCUT2D eigenvalue weighted by atomic mass is 10.3. The van der Waals surface area contributed by atoms with Crippen molar-refractivity contribution in [2.24, 2.45) is 4.36 Å². The van der Waals surface area contributed by atoms with Gasteiger partial charge in [0.15, 0.2) is 21.9 Å². The summed E-state index contributed by atoms with van der Waals surface area (Å²) < 4.78 is 29.2. The Bertz CT molecular complexity index is 798. The van der Waals surface area contributed by atoms with Gasteiger partial charge in [0, 0.05) is 23.9 Å². The number of nitriles is 1. The number of thioether (sulfide) groups is 1. The van der Waals surface area contributed by atoms with Crippen LogP contribution in [0.3, 0.4) is 0 Å². The van der Waals surface area contributed by atoms with Crippen LogP contribution < -0.4 is 0 Å². The van der Waals surface area contributed by atoms with E-state index in [0.29, 0.717) is 11.3 Å². The molecule has 2 heterocycles. The third kappa shape index (κ3) is 8.90. The first-order valence-electron chi connectivity index (χ1n) is 6.68.